The number of unbranched alkanes of at least 4 members (excludes halogenated alkanes) is 1. The van der Waals surface area contributed by atoms with Crippen LogP contribution in [-0.2, 0) is 5.60 Å². The molecule has 1 heterocycles. The average molecular weight is 168 g/mol. The fourth-order valence-corrected chi connectivity index (χ4v) is 1.24. The number of hydrogen-bond donors (Lipinski definition) is 1. The van der Waals surface area contributed by atoms with Crippen LogP contribution in [0.2, 0.25) is 0 Å². The quantitative estimate of drug-likeness (QED) is 0.749. The molecule has 68 valence electrons. The third-order valence-electron chi connectivity index (χ3n) is 2.16. The van der Waals surface area contributed by atoms with Crippen LogP contribution in [0.25, 0.3) is 0 Å². The molecule has 1 unspecified atom stereocenters. The fourth-order valence-electron chi connectivity index (χ4n) is 1.24. The molecule has 2 heteroatoms. The monoisotopic (exact) mass is 168 g/mol. The van der Waals surface area contributed by atoms with Gasteiger partial charge in [-0.2, -0.15) is 0 Å². The predicted molar refractivity (Wildman–Crippen MR) is 47.8 cm³/mol. The van der Waals surface area contributed by atoms with Gasteiger partial charge in [-0.05, 0) is 19.4 Å². The van der Waals surface area contributed by atoms with Crippen LogP contribution in [0.1, 0.15) is 38.7 Å². The first-order valence-corrected chi connectivity index (χ1v) is 4.42. The number of aliphatic hydroxyl groups is 1. The van der Waals surface area contributed by atoms with E-state index >= 15 is 0 Å². The third-order valence-corrected chi connectivity index (χ3v) is 2.16. The van der Waals surface area contributed by atoms with E-state index in [1.54, 1.807) is 12.5 Å². The molecule has 0 aromatic carbocycles. The zero-order chi connectivity index (χ0) is 9.03. The maximum atomic E-state index is 9.95. The van der Waals surface area contributed by atoms with Crippen molar-refractivity contribution >= 4 is 0 Å². The third kappa shape index (κ3) is 2.11. The average Bonchev–Trinajstić information content (AvgIpc) is 2.53. The first kappa shape index (κ1) is 9.33. The molecule has 0 aliphatic carbocycles. The second-order valence-corrected chi connectivity index (χ2v) is 3.39. The molecule has 1 atom stereocenters. The molecule has 0 aliphatic rings. The van der Waals surface area contributed by atoms with Gasteiger partial charge in [0.1, 0.15) is 0 Å². The molecule has 12 heavy (non-hydrogen) atoms. The fraction of sp³-hybridized carbons (Fsp3) is 0.600. The molecule has 0 saturated heterocycles. The van der Waals surface area contributed by atoms with Gasteiger partial charge in [0.05, 0.1) is 18.1 Å². The Morgan fingerprint density at radius 2 is 2.33 bits per heavy atom. The van der Waals surface area contributed by atoms with Crippen molar-refractivity contribution in [1.82, 2.24) is 0 Å². The smallest absolute Gasteiger partial charge is 0.0963 e. The zero-order valence-corrected chi connectivity index (χ0v) is 7.71. The van der Waals surface area contributed by atoms with Crippen LogP contribution in [0.15, 0.2) is 23.0 Å². The number of hydrogen-bond acceptors (Lipinski definition) is 2. The Bertz CT molecular complexity index is 212. The molecule has 0 bridgehead atoms. The van der Waals surface area contributed by atoms with Crippen molar-refractivity contribution in [2.24, 2.45) is 0 Å². The van der Waals surface area contributed by atoms with Crippen LogP contribution in [0, 0.1) is 0 Å². The first-order valence-electron chi connectivity index (χ1n) is 4.42. The van der Waals surface area contributed by atoms with Crippen molar-refractivity contribution in [3.8, 4) is 0 Å². The Kier molecular flexibility index (Phi) is 2.93. The van der Waals surface area contributed by atoms with E-state index in [-0.39, 0.29) is 0 Å². The lowest BCUT2D eigenvalue weighted by Gasteiger charge is -2.20. The summed E-state index contributed by atoms with van der Waals surface area (Å²) in [5.41, 5.74) is 0.152. The highest BCUT2D eigenvalue weighted by Gasteiger charge is 2.22. The van der Waals surface area contributed by atoms with Crippen molar-refractivity contribution < 1.29 is 9.52 Å². The van der Waals surface area contributed by atoms with E-state index in [2.05, 4.69) is 6.92 Å². The van der Waals surface area contributed by atoms with Crippen LogP contribution in [0.3, 0.4) is 0 Å². The Morgan fingerprint density at radius 3 is 2.83 bits per heavy atom. The molecule has 1 rings (SSSR count). The minimum Gasteiger partial charge on any atom is -0.472 e. The van der Waals surface area contributed by atoms with Crippen molar-refractivity contribution in [2.75, 3.05) is 0 Å². The molecule has 0 aliphatic heterocycles. The van der Waals surface area contributed by atoms with Gasteiger partial charge >= 0.3 is 0 Å². The van der Waals surface area contributed by atoms with Gasteiger partial charge < -0.3 is 9.52 Å². The molecule has 0 spiro atoms. The highest BCUT2D eigenvalue weighted by atomic mass is 16.3. The van der Waals surface area contributed by atoms with Gasteiger partial charge in [0, 0.05) is 5.56 Å². The topological polar surface area (TPSA) is 33.4 Å². The van der Waals surface area contributed by atoms with E-state index in [9.17, 15) is 5.11 Å². The van der Waals surface area contributed by atoms with Crippen LogP contribution in [-0.4, -0.2) is 5.11 Å². The Balaban J connectivity index is 2.59. The van der Waals surface area contributed by atoms with Crippen LogP contribution in [0.4, 0.5) is 0 Å². The van der Waals surface area contributed by atoms with Gasteiger partial charge in [-0.25, -0.2) is 0 Å². The first-order chi connectivity index (χ1) is 5.67. The van der Waals surface area contributed by atoms with E-state index < -0.39 is 5.60 Å². The molecular weight excluding hydrogens is 152 g/mol. The lowest BCUT2D eigenvalue weighted by atomic mass is 9.93. The van der Waals surface area contributed by atoms with Gasteiger partial charge in [-0.1, -0.05) is 19.8 Å². The summed E-state index contributed by atoms with van der Waals surface area (Å²) < 4.78 is 4.92. The van der Waals surface area contributed by atoms with Crippen LogP contribution >= 0.6 is 0 Å². The summed E-state index contributed by atoms with van der Waals surface area (Å²) in [5.74, 6) is 0. The van der Waals surface area contributed by atoms with E-state index in [1.165, 1.54) is 0 Å². The Labute approximate surface area is 73.2 Å². The van der Waals surface area contributed by atoms with E-state index in [0.29, 0.717) is 0 Å². The maximum Gasteiger partial charge on any atom is 0.0963 e. The van der Waals surface area contributed by atoms with Gasteiger partial charge in [0.2, 0.25) is 0 Å². The summed E-state index contributed by atoms with van der Waals surface area (Å²) in [6.45, 7) is 3.94. The number of rotatable bonds is 4. The minimum absolute atomic E-state index is 0.719. The predicted octanol–water partition coefficient (Wildman–Crippen LogP) is 2.68. The lowest BCUT2D eigenvalue weighted by Crippen LogP contribution is -2.19. The molecule has 0 fully saturated rings. The molecule has 0 saturated carbocycles. The summed E-state index contributed by atoms with van der Waals surface area (Å²) in [5, 5.41) is 9.95. The molecule has 1 aromatic heterocycles. The molecule has 1 aromatic rings. The Hall–Kier alpha value is -0.760. The highest BCUT2D eigenvalue weighted by molar-refractivity contribution is 5.14. The largest absolute Gasteiger partial charge is 0.472 e. The molecular formula is C10H16O2. The second kappa shape index (κ2) is 3.76. The van der Waals surface area contributed by atoms with Gasteiger partial charge in [-0.3, -0.25) is 0 Å². The van der Waals surface area contributed by atoms with Crippen LogP contribution in [0.5, 0.6) is 0 Å². The minimum atomic E-state index is -0.719. The highest BCUT2D eigenvalue weighted by Crippen LogP contribution is 2.26. The van der Waals surface area contributed by atoms with Crippen molar-refractivity contribution in [3.05, 3.63) is 24.2 Å². The van der Waals surface area contributed by atoms with Gasteiger partial charge in [-0.15, -0.1) is 0 Å². The molecule has 0 amide bonds. The van der Waals surface area contributed by atoms with Crippen molar-refractivity contribution in [3.63, 3.8) is 0 Å². The summed E-state index contributed by atoms with van der Waals surface area (Å²) in [7, 11) is 0. The lowest BCUT2D eigenvalue weighted by molar-refractivity contribution is 0.0448. The zero-order valence-electron chi connectivity index (χ0n) is 7.71. The van der Waals surface area contributed by atoms with E-state index in [4.69, 9.17) is 4.42 Å². The van der Waals surface area contributed by atoms with Gasteiger partial charge in [0.25, 0.3) is 0 Å². The summed E-state index contributed by atoms with van der Waals surface area (Å²) in [6, 6.07) is 1.82. The second-order valence-electron chi connectivity index (χ2n) is 3.39. The van der Waals surface area contributed by atoms with E-state index in [0.717, 1.165) is 24.8 Å². The summed E-state index contributed by atoms with van der Waals surface area (Å²) in [4.78, 5) is 0. The summed E-state index contributed by atoms with van der Waals surface area (Å²) in [6.07, 6.45) is 6.14. The molecule has 1 N–H and O–H groups in total. The standard InChI is InChI=1S/C10H16O2/c1-3-4-6-10(2,11)9-5-7-12-8-9/h5,7-8,11H,3-4,6H2,1-2H3. The molecule has 0 radical (unpaired) electrons. The normalized spacial score (nSPS) is 15.9. The maximum absolute atomic E-state index is 9.95. The van der Waals surface area contributed by atoms with Crippen LogP contribution < -0.4 is 0 Å². The number of furan rings is 1. The van der Waals surface area contributed by atoms with Gasteiger partial charge in [0.15, 0.2) is 0 Å². The summed E-state index contributed by atoms with van der Waals surface area (Å²) >= 11 is 0. The van der Waals surface area contributed by atoms with Crippen molar-refractivity contribution in [2.45, 2.75) is 38.7 Å². The molecule has 2 nitrogen and oxygen atoms in total. The van der Waals surface area contributed by atoms with E-state index in [1.807, 2.05) is 13.0 Å². The van der Waals surface area contributed by atoms with Crippen molar-refractivity contribution in [1.29, 1.82) is 0 Å². The SMILES string of the molecule is CCCCC(C)(O)c1ccoc1. The Morgan fingerprint density at radius 1 is 1.58 bits per heavy atom.